The smallest absolute Gasteiger partial charge is 0.235 e. The Labute approximate surface area is 114 Å². The van der Waals surface area contributed by atoms with E-state index in [0.29, 0.717) is 18.3 Å². The minimum absolute atomic E-state index is 0.591. The van der Waals surface area contributed by atoms with Gasteiger partial charge < -0.3 is 4.74 Å². The van der Waals surface area contributed by atoms with Crippen molar-refractivity contribution in [3.63, 3.8) is 0 Å². The summed E-state index contributed by atoms with van der Waals surface area (Å²) in [6.07, 6.45) is 0. The lowest BCUT2D eigenvalue weighted by molar-refractivity contribution is 0.332. The summed E-state index contributed by atoms with van der Waals surface area (Å²) in [6, 6.07) is 3.96. The van der Waals surface area contributed by atoms with Crippen LogP contribution < -0.4 is 4.74 Å². The van der Waals surface area contributed by atoms with E-state index in [4.69, 9.17) is 4.74 Å². The highest BCUT2D eigenvalue weighted by Gasteiger charge is 2.14. The molecule has 3 heterocycles. The van der Waals surface area contributed by atoms with Crippen molar-refractivity contribution in [3.05, 3.63) is 23.2 Å². The molecule has 0 aliphatic carbocycles. The fourth-order valence-electron chi connectivity index (χ4n) is 2.01. The second-order valence-corrected chi connectivity index (χ2v) is 5.13. The molecule has 5 nitrogen and oxygen atoms in total. The van der Waals surface area contributed by atoms with Gasteiger partial charge in [0.05, 0.1) is 17.8 Å². The van der Waals surface area contributed by atoms with Gasteiger partial charge in [0.1, 0.15) is 10.4 Å². The Morgan fingerprint density at radius 2 is 2.21 bits per heavy atom. The lowest BCUT2D eigenvalue weighted by Crippen LogP contribution is -2.01. The first-order valence-corrected chi connectivity index (χ1v) is 6.96. The monoisotopic (exact) mass is 274 g/mol. The van der Waals surface area contributed by atoms with Gasteiger partial charge in [-0.2, -0.15) is 10.1 Å². The molecule has 0 saturated heterocycles. The fraction of sp³-hybridized carbons (Fsp3) is 0.308. The number of hydrogen-bond donors (Lipinski definition) is 0. The van der Waals surface area contributed by atoms with Gasteiger partial charge in [-0.25, -0.2) is 4.98 Å². The van der Waals surface area contributed by atoms with Crippen molar-refractivity contribution >= 4 is 21.6 Å². The number of thiophene rings is 1. The Morgan fingerprint density at radius 1 is 1.37 bits per heavy atom. The van der Waals surface area contributed by atoms with E-state index in [1.165, 1.54) is 0 Å². The first-order chi connectivity index (χ1) is 9.19. The minimum Gasteiger partial charge on any atom is -0.477 e. The van der Waals surface area contributed by atoms with Crippen LogP contribution in [0, 0.1) is 6.92 Å². The van der Waals surface area contributed by atoms with Crippen LogP contribution in [0.5, 0.6) is 5.88 Å². The van der Waals surface area contributed by atoms with E-state index >= 15 is 0 Å². The average Bonchev–Trinajstić information content (AvgIpc) is 2.95. The Morgan fingerprint density at radius 3 is 2.89 bits per heavy atom. The van der Waals surface area contributed by atoms with Gasteiger partial charge in [-0.05, 0) is 31.4 Å². The average molecular weight is 274 g/mol. The quantitative estimate of drug-likeness (QED) is 0.737. The van der Waals surface area contributed by atoms with Crippen molar-refractivity contribution in [2.45, 2.75) is 13.8 Å². The van der Waals surface area contributed by atoms with Gasteiger partial charge in [0, 0.05) is 7.05 Å². The number of aromatic nitrogens is 4. The molecule has 3 aromatic rings. The number of nitrogens with zero attached hydrogens (tertiary/aromatic N) is 4. The van der Waals surface area contributed by atoms with Crippen LogP contribution in [0.15, 0.2) is 17.5 Å². The van der Waals surface area contributed by atoms with Crippen LogP contribution in [0.3, 0.4) is 0 Å². The van der Waals surface area contributed by atoms with Crippen molar-refractivity contribution < 1.29 is 4.74 Å². The van der Waals surface area contributed by atoms with Gasteiger partial charge in [-0.15, -0.1) is 11.3 Å². The molecule has 0 unspecified atom stereocenters. The molecular weight excluding hydrogens is 260 g/mol. The molecule has 19 heavy (non-hydrogen) atoms. The van der Waals surface area contributed by atoms with Gasteiger partial charge in [-0.1, -0.05) is 0 Å². The van der Waals surface area contributed by atoms with Crippen molar-refractivity contribution in [1.82, 2.24) is 19.7 Å². The molecule has 0 fully saturated rings. The molecule has 0 aliphatic heterocycles. The molecular formula is C13H14N4OS. The Bertz CT molecular complexity index is 731. The summed E-state index contributed by atoms with van der Waals surface area (Å²) in [7, 11) is 1.89. The highest BCUT2D eigenvalue weighted by molar-refractivity contribution is 7.17. The van der Waals surface area contributed by atoms with Gasteiger partial charge in [0.15, 0.2) is 5.82 Å². The molecule has 0 aromatic carbocycles. The summed E-state index contributed by atoms with van der Waals surface area (Å²) in [5.41, 5.74) is 2.76. The molecule has 98 valence electrons. The third-order valence-corrected chi connectivity index (χ3v) is 3.68. The second-order valence-electron chi connectivity index (χ2n) is 4.21. The zero-order valence-electron chi connectivity index (χ0n) is 11.0. The van der Waals surface area contributed by atoms with Gasteiger partial charge >= 0.3 is 0 Å². The standard InChI is InChI=1S/C13H14N4OS/c1-4-18-13-11-9(5-6-19-11)14-12(15-13)10-7-8(2)16-17(10)3/h5-7H,4H2,1-3H3. The molecule has 3 rings (SSSR count). The molecule has 6 heteroatoms. The maximum Gasteiger partial charge on any atom is 0.235 e. The molecule has 0 N–H and O–H groups in total. The normalized spacial score (nSPS) is 11.1. The largest absolute Gasteiger partial charge is 0.477 e. The van der Waals surface area contributed by atoms with Crippen LogP contribution >= 0.6 is 11.3 Å². The zero-order valence-corrected chi connectivity index (χ0v) is 11.9. The lowest BCUT2D eigenvalue weighted by Gasteiger charge is -2.06. The maximum absolute atomic E-state index is 5.62. The van der Waals surface area contributed by atoms with E-state index in [-0.39, 0.29) is 0 Å². The molecule has 0 aliphatic rings. The number of rotatable bonds is 3. The van der Waals surface area contributed by atoms with Crippen molar-refractivity contribution in [2.75, 3.05) is 6.61 Å². The number of hydrogen-bond acceptors (Lipinski definition) is 5. The van der Waals surface area contributed by atoms with Gasteiger partial charge in [-0.3, -0.25) is 4.68 Å². The van der Waals surface area contributed by atoms with Crippen molar-refractivity contribution in [3.8, 4) is 17.4 Å². The van der Waals surface area contributed by atoms with E-state index < -0.39 is 0 Å². The topological polar surface area (TPSA) is 52.8 Å². The Balaban J connectivity index is 2.21. The first kappa shape index (κ1) is 12.1. The van der Waals surface area contributed by atoms with Gasteiger partial charge in [0.2, 0.25) is 5.88 Å². The number of fused-ring (bicyclic) bond motifs is 1. The summed E-state index contributed by atoms with van der Waals surface area (Å²) in [4.78, 5) is 9.10. The number of ether oxygens (including phenoxy) is 1. The molecule has 0 bridgehead atoms. The van der Waals surface area contributed by atoms with E-state index in [2.05, 4.69) is 15.1 Å². The van der Waals surface area contributed by atoms with Crippen LogP contribution in [0.4, 0.5) is 0 Å². The van der Waals surface area contributed by atoms with Crippen LogP contribution in [-0.2, 0) is 7.05 Å². The van der Waals surface area contributed by atoms with E-state index in [0.717, 1.165) is 21.6 Å². The highest BCUT2D eigenvalue weighted by Crippen LogP contribution is 2.30. The Hall–Kier alpha value is -1.95. The second kappa shape index (κ2) is 4.62. The van der Waals surface area contributed by atoms with E-state index in [1.54, 1.807) is 16.0 Å². The molecule has 0 saturated carbocycles. The Kier molecular flexibility index (Phi) is 2.94. The van der Waals surface area contributed by atoms with Crippen LogP contribution in [-0.4, -0.2) is 26.4 Å². The third kappa shape index (κ3) is 2.08. The highest BCUT2D eigenvalue weighted by atomic mass is 32.1. The SMILES string of the molecule is CCOc1nc(-c2cc(C)nn2C)nc2ccsc12. The zero-order chi connectivity index (χ0) is 13.4. The maximum atomic E-state index is 5.62. The lowest BCUT2D eigenvalue weighted by atomic mass is 10.3. The third-order valence-electron chi connectivity index (χ3n) is 2.78. The fourth-order valence-corrected chi connectivity index (χ4v) is 2.78. The number of aryl methyl sites for hydroxylation is 2. The predicted octanol–water partition coefficient (Wildman–Crippen LogP) is 2.80. The summed E-state index contributed by atoms with van der Waals surface area (Å²) >= 11 is 1.59. The summed E-state index contributed by atoms with van der Waals surface area (Å²) < 4.78 is 8.40. The summed E-state index contributed by atoms with van der Waals surface area (Å²) in [5.74, 6) is 1.30. The van der Waals surface area contributed by atoms with E-state index in [1.807, 2.05) is 38.4 Å². The summed E-state index contributed by atoms with van der Waals surface area (Å²) in [6.45, 7) is 4.50. The minimum atomic E-state index is 0.591. The molecule has 0 atom stereocenters. The predicted molar refractivity (Wildman–Crippen MR) is 75.5 cm³/mol. The molecule has 3 aromatic heterocycles. The first-order valence-electron chi connectivity index (χ1n) is 6.08. The van der Waals surface area contributed by atoms with E-state index in [9.17, 15) is 0 Å². The van der Waals surface area contributed by atoms with Crippen LogP contribution in [0.2, 0.25) is 0 Å². The summed E-state index contributed by atoms with van der Waals surface area (Å²) in [5, 5.41) is 6.33. The van der Waals surface area contributed by atoms with Crippen molar-refractivity contribution in [2.24, 2.45) is 7.05 Å². The molecule has 0 spiro atoms. The van der Waals surface area contributed by atoms with Crippen molar-refractivity contribution in [1.29, 1.82) is 0 Å². The molecule has 0 radical (unpaired) electrons. The molecule has 0 amide bonds. The van der Waals surface area contributed by atoms with Crippen LogP contribution in [0.1, 0.15) is 12.6 Å². The van der Waals surface area contributed by atoms with Gasteiger partial charge in [0.25, 0.3) is 0 Å². The van der Waals surface area contributed by atoms with Crippen LogP contribution in [0.25, 0.3) is 21.7 Å².